The highest BCUT2D eigenvalue weighted by molar-refractivity contribution is 5.06. The van der Waals surface area contributed by atoms with Gasteiger partial charge in [0.1, 0.15) is 0 Å². The highest BCUT2D eigenvalue weighted by Gasteiger charge is 1.56. The van der Waals surface area contributed by atoms with Gasteiger partial charge in [0.25, 0.3) is 0 Å². The highest BCUT2D eigenvalue weighted by Crippen LogP contribution is 1.68. The van der Waals surface area contributed by atoms with Crippen LogP contribution in [0.15, 0.2) is 0 Å². The topological polar surface area (TPSA) is 0 Å². The fourth-order valence-corrected chi connectivity index (χ4v) is 0.204. The van der Waals surface area contributed by atoms with Crippen LogP contribution in [0.1, 0.15) is 20.3 Å². The Hall–Kier alpha value is -0.440. The monoisotopic (exact) mass is 81.1 g/mol. The molecule has 0 heteroatoms. The lowest BCUT2D eigenvalue weighted by Gasteiger charge is -1.64. The minimum atomic E-state index is 0.963. The molecule has 0 bridgehead atoms. The van der Waals surface area contributed by atoms with Gasteiger partial charge >= 0.3 is 0 Å². The molecule has 0 amide bonds. The van der Waals surface area contributed by atoms with Gasteiger partial charge in [-0.05, 0) is 0 Å². The molecule has 0 aliphatic carbocycles. The average molecular weight is 81.1 g/mol. The third-order valence-corrected chi connectivity index (χ3v) is 0.423. The van der Waals surface area contributed by atoms with E-state index in [0.29, 0.717) is 0 Å². The number of rotatable bonds is 0. The lowest BCUT2D eigenvalue weighted by molar-refractivity contribution is 1.28. The number of hydrogen-bond acceptors (Lipinski definition) is 0. The van der Waals surface area contributed by atoms with E-state index >= 15 is 0 Å². The molecule has 0 fully saturated rings. The lowest BCUT2D eigenvalue weighted by atomic mass is 10.4. The normalized spacial score (nSPS) is 6.33. The molecule has 0 spiro atoms. The van der Waals surface area contributed by atoms with E-state index in [2.05, 4.69) is 11.8 Å². The first-order chi connectivity index (χ1) is 2.91. The Morgan fingerprint density at radius 1 is 1.67 bits per heavy atom. The molecule has 0 saturated carbocycles. The zero-order valence-corrected chi connectivity index (χ0v) is 4.28. The molecule has 0 atom stereocenters. The molecule has 0 nitrogen and oxygen atoms in total. The van der Waals surface area contributed by atoms with Gasteiger partial charge in [-0.2, -0.15) is 0 Å². The van der Waals surface area contributed by atoms with Crippen molar-refractivity contribution in [3.05, 3.63) is 6.42 Å². The van der Waals surface area contributed by atoms with Gasteiger partial charge in [-0.3, -0.25) is 0 Å². The molecular weight excluding hydrogens is 72.1 g/mol. The largest absolute Gasteiger partial charge is 0.103 e. The van der Waals surface area contributed by atoms with Crippen molar-refractivity contribution in [2.75, 3.05) is 0 Å². The van der Waals surface area contributed by atoms with Crippen LogP contribution in [0.2, 0.25) is 0 Å². The van der Waals surface area contributed by atoms with Gasteiger partial charge in [-0.25, -0.2) is 0 Å². The first-order valence-electron chi connectivity index (χ1n) is 2.18. The quantitative estimate of drug-likeness (QED) is 0.389. The molecular formula is C6H9. The van der Waals surface area contributed by atoms with E-state index in [9.17, 15) is 0 Å². The first-order valence-corrected chi connectivity index (χ1v) is 2.18. The molecule has 0 heterocycles. The summed E-state index contributed by atoms with van der Waals surface area (Å²) in [5.41, 5.74) is 0. The summed E-state index contributed by atoms with van der Waals surface area (Å²) in [6, 6.07) is 0. The van der Waals surface area contributed by atoms with Crippen molar-refractivity contribution in [3.63, 3.8) is 0 Å². The summed E-state index contributed by atoms with van der Waals surface area (Å²) in [6.07, 6.45) is 2.81. The summed E-state index contributed by atoms with van der Waals surface area (Å²) in [5, 5.41) is 0. The molecule has 0 unspecified atom stereocenters. The van der Waals surface area contributed by atoms with Crippen LogP contribution >= 0.6 is 0 Å². The molecule has 0 aliphatic heterocycles. The van der Waals surface area contributed by atoms with Crippen LogP contribution in [-0.2, 0) is 0 Å². The Bertz CT molecular complexity index is 53.8. The predicted octanol–water partition coefficient (Wildman–Crippen LogP) is 1.62. The van der Waals surface area contributed by atoms with Crippen LogP contribution in [0.25, 0.3) is 0 Å². The van der Waals surface area contributed by atoms with Crippen molar-refractivity contribution in [1.29, 1.82) is 0 Å². The van der Waals surface area contributed by atoms with E-state index in [4.69, 9.17) is 0 Å². The lowest BCUT2D eigenvalue weighted by Crippen LogP contribution is -1.53. The Kier molecular flexibility index (Phi) is 4.23. The molecule has 1 radical (unpaired) electrons. The molecule has 0 rings (SSSR count). The van der Waals surface area contributed by atoms with Crippen molar-refractivity contribution < 1.29 is 0 Å². The minimum Gasteiger partial charge on any atom is -0.103 e. The van der Waals surface area contributed by atoms with Gasteiger partial charge in [-0.15, -0.1) is 5.92 Å². The summed E-state index contributed by atoms with van der Waals surface area (Å²) in [7, 11) is 0. The third kappa shape index (κ3) is 3.56. The first kappa shape index (κ1) is 5.56. The molecule has 0 aromatic carbocycles. The molecule has 0 aromatic rings. The van der Waals surface area contributed by atoms with Crippen LogP contribution in [0.4, 0.5) is 0 Å². The SMILES string of the molecule is C[CH]C#CCC. The van der Waals surface area contributed by atoms with Crippen molar-refractivity contribution in [3.8, 4) is 11.8 Å². The zero-order valence-electron chi connectivity index (χ0n) is 4.28. The zero-order chi connectivity index (χ0) is 4.83. The fraction of sp³-hybridized carbons (Fsp3) is 0.500. The minimum absolute atomic E-state index is 0.963. The molecule has 6 heavy (non-hydrogen) atoms. The van der Waals surface area contributed by atoms with Crippen LogP contribution in [0.5, 0.6) is 0 Å². The van der Waals surface area contributed by atoms with Crippen molar-refractivity contribution >= 4 is 0 Å². The molecule has 0 aromatic heterocycles. The predicted molar refractivity (Wildman–Crippen MR) is 28.0 cm³/mol. The average Bonchev–Trinajstić information content (AvgIpc) is 1.61. The van der Waals surface area contributed by atoms with Gasteiger partial charge in [0, 0.05) is 12.8 Å². The van der Waals surface area contributed by atoms with E-state index in [1.807, 2.05) is 20.3 Å². The maximum Gasteiger partial charge on any atom is 0.0309 e. The third-order valence-electron chi connectivity index (χ3n) is 0.423. The van der Waals surface area contributed by atoms with E-state index in [1.54, 1.807) is 0 Å². The van der Waals surface area contributed by atoms with Crippen molar-refractivity contribution in [2.24, 2.45) is 0 Å². The molecule has 0 saturated heterocycles. The fourth-order valence-electron chi connectivity index (χ4n) is 0.204. The Morgan fingerprint density at radius 2 is 2.33 bits per heavy atom. The van der Waals surface area contributed by atoms with Crippen LogP contribution in [-0.4, -0.2) is 0 Å². The Balaban J connectivity index is 2.90. The summed E-state index contributed by atoms with van der Waals surface area (Å²) in [6.45, 7) is 3.97. The molecule has 33 valence electrons. The molecule has 0 N–H and O–H groups in total. The van der Waals surface area contributed by atoms with Crippen LogP contribution in [0.3, 0.4) is 0 Å². The Morgan fingerprint density at radius 3 is 2.50 bits per heavy atom. The maximum absolute atomic E-state index is 2.89. The second kappa shape index (κ2) is 4.56. The summed E-state index contributed by atoms with van der Waals surface area (Å²) < 4.78 is 0. The highest BCUT2D eigenvalue weighted by atomic mass is 13.6. The van der Waals surface area contributed by atoms with Gasteiger partial charge in [0.05, 0.1) is 0 Å². The number of hydrogen-bond donors (Lipinski definition) is 0. The summed E-state index contributed by atoms with van der Waals surface area (Å²) >= 11 is 0. The van der Waals surface area contributed by atoms with Crippen molar-refractivity contribution in [1.82, 2.24) is 0 Å². The van der Waals surface area contributed by atoms with Gasteiger partial charge in [0.15, 0.2) is 0 Å². The summed E-state index contributed by atoms with van der Waals surface area (Å²) in [4.78, 5) is 0. The standard InChI is InChI=1S/C6H9/c1-3-5-6-4-2/h3H,4H2,1-2H3. The van der Waals surface area contributed by atoms with Gasteiger partial charge < -0.3 is 0 Å². The van der Waals surface area contributed by atoms with E-state index < -0.39 is 0 Å². The second-order valence-electron chi connectivity index (χ2n) is 0.963. The smallest absolute Gasteiger partial charge is 0.0309 e. The van der Waals surface area contributed by atoms with Gasteiger partial charge in [0.2, 0.25) is 0 Å². The van der Waals surface area contributed by atoms with Crippen LogP contribution < -0.4 is 0 Å². The maximum atomic E-state index is 2.89. The van der Waals surface area contributed by atoms with Gasteiger partial charge in [-0.1, -0.05) is 19.8 Å². The molecule has 0 aliphatic rings. The van der Waals surface area contributed by atoms with E-state index in [1.165, 1.54) is 0 Å². The van der Waals surface area contributed by atoms with Crippen molar-refractivity contribution in [2.45, 2.75) is 20.3 Å². The summed E-state index contributed by atoms with van der Waals surface area (Å²) in [5.74, 6) is 5.72. The Labute approximate surface area is 39.6 Å². The van der Waals surface area contributed by atoms with E-state index in [-0.39, 0.29) is 0 Å². The van der Waals surface area contributed by atoms with E-state index in [0.717, 1.165) is 6.42 Å². The second-order valence-corrected chi connectivity index (χ2v) is 0.963. The van der Waals surface area contributed by atoms with Crippen LogP contribution in [0, 0.1) is 18.3 Å².